The van der Waals surface area contributed by atoms with Crippen LogP contribution in [0.15, 0.2) is 42.5 Å². The number of carbonyl (C=O) groups is 4. The molecule has 2 aromatic carbocycles. The highest BCUT2D eigenvalue weighted by atomic mass is 35.5. The topological polar surface area (TPSA) is 118 Å². The molecule has 0 aliphatic carbocycles. The molecule has 0 saturated carbocycles. The molecule has 38 heavy (non-hydrogen) atoms. The summed E-state index contributed by atoms with van der Waals surface area (Å²) < 4.78 is 6.25. The Balaban J connectivity index is 1.44. The summed E-state index contributed by atoms with van der Waals surface area (Å²) in [5.41, 5.74) is 2.28. The molecule has 2 aliphatic heterocycles. The predicted molar refractivity (Wildman–Crippen MR) is 144 cm³/mol. The quantitative estimate of drug-likeness (QED) is 0.447. The number of ether oxygens (including phenoxy) is 1. The average molecular weight is 556 g/mol. The van der Waals surface area contributed by atoms with E-state index in [2.05, 4.69) is 5.32 Å². The van der Waals surface area contributed by atoms with Gasteiger partial charge >= 0.3 is 5.97 Å². The summed E-state index contributed by atoms with van der Waals surface area (Å²) >= 11 is 7.36. The van der Waals surface area contributed by atoms with E-state index in [1.807, 2.05) is 0 Å². The van der Waals surface area contributed by atoms with Gasteiger partial charge in [0.1, 0.15) is 23.2 Å². The number of aromatic nitrogens is 1. The predicted octanol–water partition coefficient (Wildman–Crippen LogP) is 3.47. The normalized spacial score (nSPS) is 21.7. The number of nitrogens with zero attached hydrogens (tertiary/aromatic N) is 2. The second-order valence-corrected chi connectivity index (χ2v) is 12.1. The Hall–Kier alpha value is -3.50. The van der Waals surface area contributed by atoms with Gasteiger partial charge in [-0.3, -0.25) is 19.0 Å². The van der Waals surface area contributed by atoms with E-state index < -0.39 is 40.0 Å². The second kappa shape index (κ2) is 9.36. The molecule has 0 spiro atoms. The number of thioether (sulfide) groups is 1. The van der Waals surface area contributed by atoms with Crippen molar-refractivity contribution in [2.24, 2.45) is 0 Å². The number of carboxylic acid groups (broad SMARTS) is 1. The van der Waals surface area contributed by atoms with Crippen LogP contribution in [0, 0.1) is 6.92 Å². The minimum Gasteiger partial charge on any atom is -0.497 e. The summed E-state index contributed by atoms with van der Waals surface area (Å²) in [6.45, 7) is 5.33. The van der Waals surface area contributed by atoms with E-state index in [1.165, 1.54) is 23.8 Å². The van der Waals surface area contributed by atoms with E-state index in [0.29, 0.717) is 38.5 Å². The van der Waals surface area contributed by atoms with Gasteiger partial charge in [0, 0.05) is 26.4 Å². The largest absolute Gasteiger partial charge is 0.497 e. The van der Waals surface area contributed by atoms with Gasteiger partial charge < -0.3 is 20.1 Å². The van der Waals surface area contributed by atoms with Crippen LogP contribution < -0.4 is 10.1 Å². The molecular formula is C27H26ClN3O6S. The van der Waals surface area contributed by atoms with Gasteiger partial charge in [0.25, 0.3) is 5.91 Å². The van der Waals surface area contributed by atoms with Gasteiger partial charge in [-0.05, 0) is 68.8 Å². The first-order chi connectivity index (χ1) is 17.9. The fourth-order valence-electron chi connectivity index (χ4n) is 5.33. The molecule has 3 heterocycles. The number of amides is 2. The molecule has 11 heteroatoms. The first-order valence-electron chi connectivity index (χ1n) is 11.9. The summed E-state index contributed by atoms with van der Waals surface area (Å²) in [7, 11) is 1.54. The minimum atomic E-state index is -1.06. The molecule has 3 aromatic rings. The summed E-state index contributed by atoms with van der Waals surface area (Å²) in [4.78, 5) is 52.6. The minimum absolute atomic E-state index is 0.0800. The lowest BCUT2D eigenvalue weighted by Gasteiger charge is -2.43. The molecule has 2 saturated heterocycles. The van der Waals surface area contributed by atoms with E-state index in [4.69, 9.17) is 16.3 Å². The van der Waals surface area contributed by atoms with Crippen LogP contribution in [0.1, 0.15) is 35.5 Å². The monoisotopic (exact) mass is 555 g/mol. The Bertz CT molecular complexity index is 1500. The van der Waals surface area contributed by atoms with Crippen molar-refractivity contribution < 1.29 is 29.0 Å². The number of carboxylic acids is 1. The number of β-lactam (4-membered cyclic amide) rings is 1. The van der Waals surface area contributed by atoms with Crippen molar-refractivity contribution in [3.63, 3.8) is 0 Å². The van der Waals surface area contributed by atoms with Crippen molar-refractivity contribution in [2.75, 3.05) is 7.11 Å². The van der Waals surface area contributed by atoms with Gasteiger partial charge in [-0.2, -0.15) is 0 Å². The van der Waals surface area contributed by atoms with E-state index in [0.717, 1.165) is 0 Å². The highest BCUT2D eigenvalue weighted by Crippen LogP contribution is 2.50. The van der Waals surface area contributed by atoms with E-state index in [9.17, 15) is 24.3 Å². The number of methoxy groups -OCH3 is 1. The second-order valence-electron chi connectivity index (χ2n) is 9.91. The Morgan fingerprint density at radius 3 is 2.47 bits per heavy atom. The third kappa shape index (κ3) is 4.12. The maximum absolute atomic E-state index is 13.5. The number of nitrogens with one attached hydrogen (secondary N) is 1. The maximum atomic E-state index is 13.5. The molecule has 0 radical (unpaired) electrons. The first kappa shape index (κ1) is 26.1. The Kier molecular flexibility index (Phi) is 6.43. The van der Waals surface area contributed by atoms with Crippen LogP contribution in [0.3, 0.4) is 0 Å². The Labute approximate surface area is 228 Å². The summed E-state index contributed by atoms with van der Waals surface area (Å²) in [6, 6.07) is 10.1. The third-order valence-electron chi connectivity index (χ3n) is 7.16. The average Bonchev–Trinajstić information content (AvgIpc) is 3.29. The zero-order chi connectivity index (χ0) is 27.5. The molecule has 5 rings (SSSR count). The van der Waals surface area contributed by atoms with Gasteiger partial charge in [0.15, 0.2) is 0 Å². The Morgan fingerprint density at radius 1 is 1.16 bits per heavy atom. The molecule has 3 atom stereocenters. The van der Waals surface area contributed by atoms with Crippen molar-refractivity contribution in [3.8, 4) is 5.75 Å². The lowest BCUT2D eigenvalue weighted by atomic mass is 9.96. The van der Waals surface area contributed by atoms with Gasteiger partial charge in [0.2, 0.25) is 11.8 Å². The highest BCUT2D eigenvalue weighted by Gasteiger charge is 2.64. The molecule has 2 amide bonds. The van der Waals surface area contributed by atoms with Gasteiger partial charge in [0.05, 0.1) is 19.0 Å². The van der Waals surface area contributed by atoms with E-state index in [-0.39, 0.29) is 12.3 Å². The molecule has 0 bridgehead atoms. The van der Waals surface area contributed by atoms with E-state index in [1.54, 1.807) is 67.8 Å². The molecule has 2 aliphatic rings. The third-order valence-corrected chi connectivity index (χ3v) is 8.99. The first-order valence-corrected chi connectivity index (χ1v) is 13.2. The lowest BCUT2D eigenvalue weighted by Crippen LogP contribution is -2.70. The number of fused-ring (bicyclic) bond motifs is 2. The highest BCUT2D eigenvalue weighted by molar-refractivity contribution is 8.01. The smallest absolute Gasteiger partial charge is 0.327 e. The number of benzene rings is 2. The number of hydrogen-bond acceptors (Lipinski definition) is 6. The molecule has 1 aromatic heterocycles. The van der Waals surface area contributed by atoms with Crippen LogP contribution in [0.2, 0.25) is 5.02 Å². The van der Waals surface area contributed by atoms with Crippen molar-refractivity contribution in [2.45, 2.75) is 49.4 Å². The van der Waals surface area contributed by atoms with Crippen LogP contribution >= 0.6 is 23.4 Å². The number of halogens is 1. The molecule has 2 fully saturated rings. The molecule has 9 nitrogen and oxygen atoms in total. The van der Waals surface area contributed by atoms with Crippen molar-refractivity contribution in [3.05, 3.63) is 64.3 Å². The lowest BCUT2D eigenvalue weighted by molar-refractivity contribution is -0.161. The molecule has 198 valence electrons. The van der Waals surface area contributed by atoms with Crippen LogP contribution in [-0.4, -0.2) is 67.6 Å². The van der Waals surface area contributed by atoms with Crippen molar-refractivity contribution in [1.82, 2.24) is 14.8 Å². The summed E-state index contributed by atoms with van der Waals surface area (Å²) in [5.74, 6) is -1.57. The SMILES string of the molecule is COc1ccc2c(c1)c(CC(=O)N[C@@H]1C(=O)N3[C@@H]1SC(C)(C)[C@@H]3C(=O)O)c(C)n2C(=O)c1ccc(Cl)cc1. The number of hydrogen-bond donors (Lipinski definition) is 2. The maximum Gasteiger partial charge on any atom is 0.327 e. The van der Waals surface area contributed by atoms with Gasteiger partial charge in [-0.1, -0.05) is 11.6 Å². The van der Waals surface area contributed by atoms with Crippen molar-refractivity contribution >= 4 is 58.0 Å². The van der Waals surface area contributed by atoms with Crippen LogP contribution in [-0.2, 0) is 20.8 Å². The molecule has 2 N–H and O–H groups in total. The number of rotatable bonds is 6. The summed E-state index contributed by atoms with van der Waals surface area (Å²) in [6.07, 6.45) is -0.0800. The number of aliphatic carboxylic acids is 1. The van der Waals surface area contributed by atoms with Crippen molar-refractivity contribution in [1.29, 1.82) is 0 Å². The zero-order valence-electron chi connectivity index (χ0n) is 21.1. The Morgan fingerprint density at radius 2 is 1.84 bits per heavy atom. The van der Waals surface area contributed by atoms with Gasteiger partial charge in [-0.25, -0.2) is 4.79 Å². The molecular weight excluding hydrogens is 530 g/mol. The van der Waals surface area contributed by atoms with Gasteiger partial charge in [-0.15, -0.1) is 11.8 Å². The fourth-order valence-corrected chi connectivity index (χ4v) is 7.08. The molecule has 0 unspecified atom stereocenters. The van der Waals surface area contributed by atoms with Crippen LogP contribution in [0.5, 0.6) is 5.75 Å². The zero-order valence-corrected chi connectivity index (χ0v) is 22.7. The van der Waals surface area contributed by atoms with E-state index >= 15 is 0 Å². The summed E-state index contributed by atoms with van der Waals surface area (Å²) in [5, 5.41) is 13.2. The number of carbonyl (C=O) groups excluding carboxylic acids is 3. The van der Waals surface area contributed by atoms with Crippen LogP contribution in [0.25, 0.3) is 10.9 Å². The standard InChI is InChI=1S/C27H26ClN3O6S/c1-13-17(12-20(32)29-21-24(34)31-22(26(35)36)27(2,3)38-25(21)31)18-11-16(37-4)9-10-19(18)30(13)23(33)14-5-7-15(28)8-6-14/h5-11,21-22,25H,12H2,1-4H3,(H,29,32)(H,35,36)/t21-,22+,25-/m1/s1. The fraction of sp³-hybridized carbons (Fsp3) is 0.333. The van der Waals surface area contributed by atoms with Crippen LogP contribution in [0.4, 0.5) is 0 Å².